The summed E-state index contributed by atoms with van der Waals surface area (Å²) in [6.07, 6.45) is -6.25. The number of hydrogen-bond donors (Lipinski definition) is 8. The number of rotatable bonds is 15. The van der Waals surface area contributed by atoms with Gasteiger partial charge in [-0.3, -0.25) is 14.7 Å². The molecule has 1 saturated heterocycles. The Morgan fingerprint density at radius 1 is 1.14 bits per heavy atom. The van der Waals surface area contributed by atoms with Crippen LogP contribution in [0.25, 0.3) is 0 Å². The van der Waals surface area contributed by atoms with E-state index in [0.29, 0.717) is 30.7 Å². The number of ether oxygens (including phenoxy) is 3. The van der Waals surface area contributed by atoms with Gasteiger partial charge in [-0.05, 0) is 56.4 Å². The number of amides is 2. The van der Waals surface area contributed by atoms with Crippen LogP contribution in [0.5, 0.6) is 11.6 Å². The Balaban J connectivity index is 1.63. The molecule has 1 fully saturated rings. The van der Waals surface area contributed by atoms with Crippen molar-refractivity contribution in [3.8, 4) is 11.6 Å². The normalized spacial score (nSPS) is 22.1. The summed E-state index contributed by atoms with van der Waals surface area (Å²) >= 11 is 0. The first kappa shape index (κ1) is 35.2. The number of benzene rings is 1. The van der Waals surface area contributed by atoms with E-state index < -0.39 is 42.9 Å². The van der Waals surface area contributed by atoms with Crippen LogP contribution in [-0.2, 0) is 20.7 Å². The van der Waals surface area contributed by atoms with Crippen molar-refractivity contribution in [2.24, 2.45) is 0 Å². The van der Waals surface area contributed by atoms with Gasteiger partial charge < -0.3 is 50.4 Å². The summed E-state index contributed by atoms with van der Waals surface area (Å²) in [5.74, 6) is 0.0957. The predicted molar refractivity (Wildman–Crippen MR) is 158 cm³/mol. The number of H-pyrrole nitrogens is 1. The van der Waals surface area contributed by atoms with Gasteiger partial charge in [-0.2, -0.15) is 0 Å². The predicted octanol–water partition coefficient (Wildman–Crippen LogP) is -0.227. The van der Waals surface area contributed by atoms with Crippen molar-refractivity contribution in [3.63, 3.8) is 0 Å². The molecule has 1 aromatic carbocycles. The second kappa shape index (κ2) is 15.6. The first-order chi connectivity index (χ1) is 20.8. The zero-order valence-electron chi connectivity index (χ0n) is 25.9. The lowest BCUT2D eigenvalue weighted by Gasteiger charge is -2.39. The van der Waals surface area contributed by atoms with Crippen LogP contribution in [0.15, 0.2) is 18.2 Å². The molecule has 8 N–H and O–H groups in total. The van der Waals surface area contributed by atoms with Gasteiger partial charge in [-0.1, -0.05) is 19.9 Å². The number of carbonyl (C=O) groups excluding carboxylic acids is 2. The van der Waals surface area contributed by atoms with Crippen LogP contribution in [-0.4, -0.2) is 110 Å². The van der Waals surface area contributed by atoms with E-state index in [2.05, 4.69) is 20.8 Å². The Morgan fingerprint density at radius 3 is 2.50 bits per heavy atom. The van der Waals surface area contributed by atoms with Gasteiger partial charge in [-0.25, -0.2) is 0 Å². The Bertz CT molecular complexity index is 1250. The number of aryl methyl sites for hydroxylation is 1. The minimum absolute atomic E-state index is 0.0336. The molecule has 1 aliphatic rings. The zero-order chi connectivity index (χ0) is 32.6. The average Bonchev–Trinajstić information content (AvgIpc) is 3.36. The number of aromatic nitrogens is 2. The lowest BCUT2D eigenvalue weighted by molar-refractivity contribution is -0.278. The van der Waals surface area contributed by atoms with E-state index in [4.69, 9.17) is 19.3 Å². The summed E-state index contributed by atoms with van der Waals surface area (Å²) in [5, 5.41) is 61.7. The molecule has 3 rings (SSSR count). The molecule has 2 aromatic rings. The van der Waals surface area contributed by atoms with Crippen molar-refractivity contribution in [2.75, 3.05) is 26.4 Å². The largest absolute Gasteiger partial charge is 0.493 e. The van der Waals surface area contributed by atoms with Gasteiger partial charge >= 0.3 is 0 Å². The number of hydrogen-bond acceptors (Lipinski definition) is 11. The third-order valence-corrected chi connectivity index (χ3v) is 7.43. The lowest BCUT2D eigenvalue weighted by Crippen LogP contribution is -2.60. The summed E-state index contributed by atoms with van der Waals surface area (Å²) in [6, 6.07) is 5.52. The fraction of sp³-hybridized carbons (Fsp3) is 0.633. The van der Waals surface area contributed by atoms with Crippen molar-refractivity contribution in [1.82, 2.24) is 20.8 Å². The molecule has 0 aliphatic carbocycles. The zero-order valence-corrected chi connectivity index (χ0v) is 25.9. The second-order valence-corrected chi connectivity index (χ2v) is 11.8. The fourth-order valence-corrected chi connectivity index (χ4v) is 4.76. The minimum atomic E-state index is -1.58. The standard InChI is InChI=1S/C30H46N4O10/c1-16(2)23-20(27(34-33-23)44-28-26(40)25(39)24(38)21(15-36)43-28)14-18-7-8-19(13-17(18)3)42-12-9-22(37)32-30(4,5)29(41)31-10-6-11-35/h7-8,13,16,21,24-26,28,35-36,38-40H,6,9-12,14-15H2,1-5H3,(H,31,41)(H,32,37)(H,33,34)/t21-,24-,25+,26-,28+/m1/s1. The van der Waals surface area contributed by atoms with Gasteiger partial charge in [0, 0.05) is 30.8 Å². The van der Waals surface area contributed by atoms with Crippen LogP contribution in [0.3, 0.4) is 0 Å². The highest BCUT2D eigenvalue weighted by Crippen LogP contribution is 2.32. The molecule has 2 heterocycles. The highest BCUT2D eigenvalue weighted by atomic mass is 16.7. The van der Waals surface area contributed by atoms with E-state index in [0.717, 1.165) is 16.8 Å². The molecule has 5 atom stereocenters. The van der Waals surface area contributed by atoms with Crippen molar-refractivity contribution in [3.05, 3.63) is 40.6 Å². The topological polar surface area (TPSA) is 216 Å². The number of carbonyl (C=O) groups is 2. The van der Waals surface area contributed by atoms with E-state index in [1.165, 1.54) is 0 Å². The van der Waals surface area contributed by atoms with Crippen molar-refractivity contribution in [2.45, 2.75) is 96.0 Å². The van der Waals surface area contributed by atoms with Crippen LogP contribution >= 0.6 is 0 Å². The molecule has 1 aromatic heterocycles. The molecule has 0 radical (unpaired) electrons. The Morgan fingerprint density at radius 2 is 1.86 bits per heavy atom. The van der Waals surface area contributed by atoms with Gasteiger partial charge in [-0.15, -0.1) is 5.10 Å². The second-order valence-electron chi connectivity index (χ2n) is 11.8. The highest BCUT2D eigenvalue weighted by Gasteiger charge is 2.45. The van der Waals surface area contributed by atoms with Gasteiger partial charge in [0.05, 0.1) is 19.6 Å². The van der Waals surface area contributed by atoms with E-state index in [9.17, 15) is 30.0 Å². The maximum absolute atomic E-state index is 12.4. The quantitative estimate of drug-likeness (QED) is 0.121. The third kappa shape index (κ3) is 8.89. The molecule has 1 aliphatic heterocycles. The smallest absolute Gasteiger partial charge is 0.245 e. The molecule has 0 spiro atoms. The molecular formula is C30H46N4O10. The highest BCUT2D eigenvalue weighted by molar-refractivity contribution is 5.90. The third-order valence-electron chi connectivity index (χ3n) is 7.43. The van der Waals surface area contributed by atoms with E-state index >= 15 is 0 Å². The summed E-state index contributed by atoms with van der Waals surface area (Å²) in [7, 11) is 0. The summed E-state index contributed by atoms with van der Waals surface area (Å²) < 4.78 is 17.2. The Hall–Kier alpha value is -3.27. The fourth-order valence-electron chi connectivity index (χ4n) is 4.76. The van der Waals surface area contributed by atoms with Gasteiger partial charge in [0.25, 0.3) is 0 Å². The van der Waals surface area contributed by atoms with Gasteiger partial charge in [0.1, 0.15) is 35.7 Å². The summed E-state index contributed by atoms with van der Waals surface area (Å²) in [5.41, 5.74) is 2.25. The maximum Gasteiger partial charge on any atom is 0.245 e. The summed E-state index contributed by atoms with van der Waals surface area (Å²) in [4.78, 5) is 24.7. The first-order valence-corrected chi connectivity index (χ1v) is 14.8. The van der Waals surface area contributed by atoms with Gasteiger partial charge in [0.2, 0.25) is 24.0 Å². The van der Waals surface area contributed by atoms with Crippen molar-refractivity contribution in [1.29, 1.82) is 0 Å². The van der Waals surface area contributed by atoms with Crippen LogP contribution in [0.2, 0.25) is 0 Å². The van der Waals surface area contributed by atoms with E-state index in [1.807, 2.05) is 32.9 Å². The molecule has 44 heavy (non-hydrogen) atoms. The van der Waals surface area contributed by atoms with Crippen LogP contribution in [0.1, 0.15) is 68.8 Å². The first-order valence-electron chi connectivity index (χ1n) is 14.8. The molecule has 0 unspecified atom stereocenters. The SMILES string of the molecule is Cc1cc(OCCC(=O)NC(C)(C)C(=O)NCCCO)ccc1Cc1c(O[C@@H]2O[C@H](CO)[C@@H](O)[C@H](O)[C@H]2O)n[nH]c1C(C)C. The molecule has 0 bridgehead atoms. The molecule has 2 amide bonds. The Kier molecular flexibility index (Phi) is 12.5. The Labute approximate surface area is 256 Å². The molecular weight excluding hydrogens is 576 g/mol. The van der Waals surface area contributed by atoms with Crippen molar-refractivity contribution < 1.29 is 49.3 Å². The van der Waals surface area contributed by atoms with Gasteiger partial charge in [0.15, 0.2) is 0 Å². The minimum Gasteiger partial charge on any atom is -0.493 e. The summed E-state index contributed by atoms with van der Waals surface area (Å²) in [6.45, 7) is 8.91. The monoisotopic (exact) mass is 622 g/mol. The molecule has 0 saturated carbocycles. The number of aliphatic hydroxyl groups is 5. The molecule has 14 heteroatoms. The van der Waals surface area contributed by atoms with E-state index in [-0.39, 0.29) is 43.2 Å². The molecule has 14 nitrogen and oxygen atoms in total. The lowest BCUT2D eigenvalue weighted by atomic mass is 9.96. The van der Waals surface area contributed by atoms with Crippen LogP contribution < -0.4 is 20.1 Å². The molecule has 246 valence electrons. The van der Waals surface area contributed by atoms with Crippen molar-refractivity contribution >= 4 is 11.8 Å². The number of nitrogens with zero attached hydrogens (tertiary/aromatic N) is 1. The van der Waals surface area contributed by atoms with E-state index in [1.54, 1.807) is 19.9 Å². The number of nitrogens with one attached hydrogen (secondary N) is 3. The van der Waals surface area contributed by atoms with Crippen LogP contribution in [0, 0.1) is 6.92 Å². The average molecular weight is 623 g/mol. The number of aromatic amines is 1. The van der Waals surface area contributed by atoms with Crippen LogP contribution in [0.4, 0.5) is 0 Å². The maximum atomic E-state index is 12.4. The number of aliphatic hydroxyl groups excluding tert-OH is 5.